The number of fused-ring (bicyclic) bond motifs is 1. The first kappa shape index (κ1) is 28.1. The number of aryl methyl sites for hydroxylation is 1. The molecular formula is C31H31F2N5O3. The predicted octanol–water partition coefficient (Wildman–Crippen LogP) is 5.85. The molecule has 1 amide bonds. The molecule has 1 aromatic heterocycles. The van der Waals surface area contributed by atoms with Gasteiger partial charge in [-0.15, -0.1) is 0 Å². The molecule has 1 aliphatic heterocycles. The number of carbonyl (C=O) groups excluding carboxylic acids is 1. The van der Waals surface area contributed by atoms with Crippen molar-refractivity contribution in [2.45, 2.75) is 13.3 Å². The number of nitrogens with one attached hydrogen (secondary N) is 2. The smallest absolute Gasteiger partial charge is 0.247 e. The Kier molecular flexibility index (Phi) is 8.81. The second kappa shape index (κ2) is 12.8. The monoisotopic (exact) mass is 559 g/mol. The number of nitrogens with zero attached hydrogens (tertiary/aromatic N) is 3. The number of halogens is 2. The van der Waals surface area contributed by atoms with Gasteiger partial charge in [0.1, 0.15) is 29.5 Å². The SMILES string of the molecule is C=CC(=O)Nc1cc2c(Nc3cccc(-c4c(F)cc(C)cc4F)c3)ncnc2cc1OCCCN1CCOCC1. The van der Waals surface area contributed by atoms with Crippen molar-refractivity contribution in [1.29, 1.82) is 0 Å². The van der Waals surface area contributed by atoms with Crippen molar-refractivity contribution >= 4 is 34.0 Å². The van der Waals surface area contributed by atoms with Crippen LogP contribution < -0.4 is 15.4 Å². The lowest BCUT2D eigenvalue weighted by molar-refractivity contribution is -0.111. The van der Waals surface area contributed by atoms with Crippen LogP contribution in [0.4, 0.5) is 26.0 Å². The molecule has 1 saturated heterocycles. The number of aromatic nitrogens is 2. The first-order valence-corrected chi connectivity index (χ1v) is 13.4. The summed E-state index contributed by atoms with van der Waals surface area (Å²) in [4.78, 5) is 23.3. The van der Waals surface area contributed by atoms with Crippen molar-refractivity contribution in [3.05, 3.63) is 84.7 Å². The summed E-state index contributed by atoms with van der Waals surface area (Å²) in [5.74, 6) is -0.722. The normalized spacial score (nSPS) is 13.6. The Morgan fingerprint density at radius 3 is 2.66 bits per heavy atom. The maximum atomic E-state index is 14.6. The molecule has 2 heterocycles. The summed E-state index contributed by atoms with van der Waals surface area (Å²) in [5, 5.41) is 6.65. The highest BCUT2D eigenvalue weighted by Crippen LogP contribution is 2.35. The van der Waals surface area contributed by atoms with Crippen LogP contribution in [0.2, 0.25) is 0 Å². The molecule has 1 aliphatic rings. The van der Waals surface area contributed by atoms with Gasteiger partial charge in [-0.1, -0.05) is 18.7 Å². The van der Waals surface area contributed by atoms with E-state index < -0.39 is 11.6 Å². The lowest BCUT2D eigenvalue weighted by Crippen LogP contribution is -2.37. The zero-order valence-electron chi connectivity index (χ0n) is 22.8. The summed E-state index contributed by atoms with van der Waals surface area (Å²) in [7, 11) is 0. The van der Waals surface area contributed by atoms with Gasteiger partial charge in [-0.25, -0.2) is 18.7 Å². The summed E-state index contributed by atoms with van der Waals surface area (Å²) in [6.45, 7) is 9.81. The Hall–Kier alpha value is -4.41. The van der Waals surface area contributed by atoms with Gasteiger partial charge in [0.05, 0.1) is 36.6 Å². The number of ether oxygens (including phenoxy) is 2. The van der Waals surface area contributed by atoms with E-state index in [1.165, 1.54) is 24.5 Å². The van der Waals surface area contributed by atoms with Crippen molar-refractivity contribution in [2.24, 2.45) is 0 Å². The Bertz CT molecular complexity index is 1550. The molecule has 212 valence electrons. The summed E-state index contributed by atoms with van der Waals surface area (Å²) < 4.78 is 40.8. The van der Waals surface area contributed by atoms with Crippen molar-refractivity contribution in [1.82, 2.24) is 14.9 Å². The summed E-state index contributed by atoms with van der Waals surface area (Å²) in [5.41, 5.74) is 2.40. The summed E-state index contributed by atoms with van der Waals surface area (Å²) >= 11 is 0. The molecule has 0 saturated carbocycles. The number of rotatable bonds is 10. The lowest BCUT2D eigenvalue weighted by Gasteiger charge is -2.26. The minimum atomic E-state index is -0.632. The van der Waals surface area contributed by atoms with Gasteiger partial charge in [-0.3, -0.25) is 9.69 Å². The number of morpholine rings is 1. The quantitative estimate of drug-likeness (QED) is 0.186. The first-order valence-electron chi connectivity index (χ1n) is 13.4. The van der Waals surface area contributed by atoms with E-state index in [1.807, 2.05) is 0 Å². The summed E-state index contributed by atoms with van der Waals surface area (Å²) in [6.07, 6.45) is 3.40. The van der Waals surface area contributed by atoms with Crippen LogP contribution in [0, 0.1) is 18.6 Å². The van der Waals surface area contributed by atoms with Gasteiger partial charge in [0, 0.05) is 36.8 Å². The third-order valence-corrected chi connectivity index (χ3v) is 6.76. The van der Waals surface area contributed by atoms with Crippen molar-refractivity contribution in [2.75, 3.05) is 50.1 Å². The third-order valence-electron chi connectivity index (χ3n) is 6.76. The molecular weight excluding hydrogens is 528 g/mol. The van der Waals surface area contributed by atoms with Crippen LogP contribution in [0.15, 0.2) is 67.5 Å². The van der Waals surface area contributed by atoms with E-state index in [1.54, 1.807) is 43.3 Å². The van der Waals surface area contributed by atoms with Crippen molar-refractivity contribution in [3.8, 4) is 16.9 Å². The van der Waals surface area contributed by atoms with Gasteiger partial charge in [-0.05, 0) is 60.9 Å². The molecule has 5 rings (SSSR count). The Morgan fingerprint density at radius 1 is 1.12 bits per heavy atom. The third kappa shape index (κ3) is 6.85. The van der Waals surface area contributed by atoms with E-state index in [4.69, 9.17) is 9.47 Å². The number of carbonyl (C=O) groups is 1. The highest BCUT2D eigenvalue weighted by Gasteiger charge is 2.16. The molecule has 3 aromatic carbocycles. The minimum Gasteiger partial charge on any atom is -0.491 e. The number of benzene rings is 3. The predicted molar refractivity (Wildman–Crippen MR) is 156 cm³/mol. The van der Waals surface area contributed by atoms with Gasteiger partial charge in [0.2, 0.25) is 5.91 Å². The fourth-order valence-corrected chi connectivity index (χ4v) is 4.74. The van der Waals surface area contributed by atoms with Gasteiger partial charge in [-0.2, -0.15) is 0 Å². The Morgan fingerprint density at radius 2 is 1.90 bits per heavy atom. The molecule has 0 aliphatic carbocycles. The molecule has 10 heteroatoms. The number of amides is 1. The molecule has 0 bridgehead atoms. The van der Waals surface area contributed by atoms with Crippen LogP contribution in [-0.2, 0) is 9.53 Å². The highest BCUT2D eigenvalue weighted by molar-refractivity contribution is 6.03. The van der Waals surface area contributed by atoms with Crippen LogP contribution in [0.5, 0.6) is 5.75 Å². The second-order valence-corrected chi connectivity index (χ2v) is 9.75. The molecule has 0 atom stereocenters. The molecule has 1 fully saturated rings. The molecule has 41 heavy (non-hydrogen) atoms. The zero-order chi connectivity index (χ0) is 28.8. The fraction of sp³-hybridized carbons (Fsp3) is 0.258. The highest BCUT2D eigenvalue weighted by atomic mass is 19.1. The molecule has 2 N–H and O–H groups in total. The molecule has 0 unspecified atom stereocenters. The number of anilines is 3. The van der Waals surface area contributed by atoms with Crippen LogP contribution in [0.25, 0.3) is 22.0 Å². The molecule has 0 radical (unpaired) electrons. The van der Waals surface area contributed by atoms with Crippen molar-refractivity contribution in [3.63, 3.8) is 0 Å². The maximum absolute atomic E-state index is 14.6. The van der Waals surface area contributed by atoms with Crippen LogP contribution in [0.3, 0.4) is 0 Å². The van der Waals surface area contributed by atoms with E-state index >= 15 is 0 Å². The number of hydrogen-bond donors (Lipinski definition) is 2. The van der Waals surface area contributed by atoms with E-state index in [0.717, 1.165) is 39.3 Å². The topological polar surface area (TPSA) is 88.6 Å². The Balaban J connectivity index is 1.40. The van der Waals surface area contributed by atoms with Gasteiger partial charge in [0.15, 0.2) is 0 Å². The van der Waals surface area contributed by atoms with E-state index in [2.05, 4.69) is 32.1 Å². The standard InChI is InChI=1S/C31H31F2N5O3/c1-3-29(39)37-27-17-23-26(18-28(27)41-11-5-8-38-9-12-40-13-10-38)34-19-35-31(23)36-22-7-4-6-21(16-22)30-24(32)14-20(2)15-25(30)33/h3-4,6-7,14-19H,1,5,8-13H2,2H3,(H,37,39)(H,34,35,36). The molecule has 8 nitrogen and oxygen atoms in total. The number of hydrogen-bond acceptors (Lipinski definition) is 7. The van der Waals surface area contributed by atoms with Gasteiger partial charge in [0.25, 0.3) is 0 Å². The van der Waals surface area contributed by atoms with Gasteiger partial charge >= 0.3 is 0 Å². The van der Waals surface area contributed by atoms with Gasteiger partial charge < -0.3 is 20.1 Å². The van der Waals surface area contributed by atoms with E-state index in [0.29, 0.717) is 51.6 Å². The average molecular weight is 560 g/mol. The first-order chi connectivity index (χ1) is 19.9. The second-order valence-electron chi connectivity index (χ2n) is 9.75. The Labute approximate surface area is 237 Å². The van der Waals surface area contributed by atoms with E-state index in [9.17, 15) is 13.6 Å². The van der Waals surface area contributed by atoms with Crippen molar-refractivity contribution < 1.29 is 23.0 Å². The van der Waals surface area contributed by atoms with Crippen LogP contribution in [0.1, 0.15) is 12.0 Å². The minimum absolute atomic E-state index is 0.100. The molecule has 4 aromatic rings. The fourth-order valence-electron chi connectivity index (χ4n) is 4.74. The average Bonchev–Trinajstić information content (AvgIpc) is 2.96. The lowest BCUT2D eigenvalue weighted by atomic mass is 10.0. The van der Waals surface area contributed by atoms with Crippen LogP contribution in [-0.4, -0.2) is 60.2 Å². The maximum Gasteiger partial charge on any atom is 0.247 e. The summed E-state index contributed by atoms with van der Waals surface area (Å²) in [6, 6.07) is 12.9. The largest absolute Gasteiger partial charge is 0.491 e. The van der Waals surface area contributed by atoms with E-state index in [-0.39, 0.29) is 11.5 Å². The molecule has 0 spiro atoms. The van der Waals surface area contributed by atoms with Crippen LogP contribution >= 0.6 is 0 Å². The zero-order valence-corrected chi connectivity index (χ0v) is 22.8.